The summed E-state index contributed by atoms with van der Waals surface area (Å²) in [5.74, 6) is -4.09. The van der Waals surface area contributed by atoms with Crippen molar-refractivity contribution in [2.24, 2.45) is 21.8 Å². The van der Waals surface area contributed by atoms with E-state index in [1.54, 1.807) is 0 Å². The van der Waals surface area contributed by atoms with Crippen LogP contribution in [-0.4, -0.2) is 58.2 Å². The van der Waals surface area contributed by atoms with Gasteiger partial charge in [0.2, 0.25) is 12.2 Å². The average Bonchev–Trinajstić information content (AvgIpc) is 2.52. The smallest absolute Gasteiger partial charge is 0.325 e. The quantitative estimate of drug-likeness (QED) is 0.284. The zero-order valence-electron chi connectivity index (χ0n) is 12.8. The lowest BCUT2D eigenvalue weighted by molar-refractivity contribution is -0.146. The Morgan fingerprint density at radius 2 is 1.67 bits per heavy atom. The van der Waals surface area contributed by atoms with Gasteiger partial charge in [0.05, 0.1) is 19.0 Å². The van der Waals surface area contributed by atoms with Gasteiger partial charge in [-0.15, -0.1) is 23.2 Å². The maximum absolute atomic E-state index is 11.6. The van der Waals surface area contributed by atoms with Crippen LogP contribution in [0.1, 0.15) is 25.7 Å². The normalized spacial score (nSPS) is 15.2. The van der Waals surface area contributed by atoms with Gasteiger partial charge in [-0.05, 0) is 31.6 Å². The summed E-state index contributed by atoms with van der Waals surface area (Å²) in [6.07, 6.45) is 2.59. The number of aliphatic carboxylic acids is 2. The first-order chi connectivity index (χ1) is 11.3. The molecule has 3 unspecified atom stereocenters. The first kappa shape index (κ1) is 22.3. The van der Waals surface area contributed by atoms with Crippen LogP contribution in [0.4, 0.5) is 0 Å². The highest BCUT2D eigenvalue weighted by Crippen LogP contribution is 2.37. The molecule has 0 aliphatic rings. The molecular formula is C14H18Cl2N2O6. The molecule has 0 heterocycles. The molecule has 0 aromatic rings. The van der Waals surface area contributed by atoms with Gasteiger partial charge >= 0.3 is 11.9 Å². The van der Waals surface area contributed by atoms with Gasteiger partial charge in [0, 0.05) is 5.88 Å². The van der Waals surface area contributed by atoms with Crippen LogP contribution in [0.5, 0.6) is 0 Å². The summed E-state index contributed by atoms with van der Waals surface area (Å²) in [4.78, 5) is 48.1. The number of carboxylic acids is 2. The number of hydrogen-bond acceptors (Lipinski definition) is 6. The van der Waals surface area contributed by atoms with Gasteiger partial charge in [-0.1, -0.05) is 0 Å². The van der Waals surface area contributed by atoms with Gasteiger partial charge in [-0.25, -0.2) is 19.6 Å². The highest BCUT2D eigenvalue weighted by atomic mass is 35.5. The molecule has 0 radical (unpaired) electrons. The van der Waals surface area contributed by atoms with Crippen molar-refractivity contribution < 1.29 is 29.4 Å². The number of aliphatic imine (C=N–C) groups is 2. The fourth-order valence-corrected chi connectivity index (χ4v) is 2.91. The second kappa shape index (κ2) is 11.8. The SMILES string of the molecule is O=C=NCCC(CC(CCCl)C(=O)O)C(Cl)(CCN=C=O)C(=O)O. The van der Waals surface area contributed by atoms with Crippen LogP contribution in [0.15, 0.2) is 9.98 Å². The Bertz CT molecular complexity index is 531. The molecule has 134 valence electrons. The standard InChI is InChI=1S/C14H18Cl2N2O6/c15-4-1-10(12(21)22)7-11(2-5-17-8-19)14(16,13(23)24)3-6-18-9-20/h10-11H,1-7H2,(H,21,22)(H,23,24). The molecule has 0 rings (SSSR count). The van der Waals surface area contributed by atoms with Crippen LogP contribution < -0.4 is 0 Å². The molecule has 0 aromatic carbocycles. The minimum absolute atomic E-state index is 0.0416. The zero-order chi connectivity index (χ0) is 18.6. The Morgan fingerprint density at radius 3 is 2.12 bits per heavy atom. The third-order valence-corrected chi connectivity index (χ3v) is 4.56. The van der Waals surface area contributed by atoms with E-state index in [2.05, 4.69) is 9.98 Å². The van der Waals surface area contributed by atoms with Gasteiger partial charge < -0.3 is 10.2 Å². The third kappa shape index (κ3) is 7.23. The van der Waals surface area contributed by atoms with Crippen molar-refractivity contribution in [2.75, 3.05) is 19.0 Å². The Kier molecular flexibility index (Phi) is 10.9. The van der Waals surface area contributed by atoms with Crippen LogP contribution in [0.2, 0.25) is 0 Å². The Hall–Kier alpha value is -1.72. The minimum atomic E-state index is -1.85. The molecule has 0 fully saturated rings. The Labute approximate surface area is 148 Å². The molecule has 10 heteroatoms. The largest absolute Gasteiger partial charge is 0.481 e. The number of carbonyl (C=O) groups excluding carboxylic acids is 2. The number of isocyanates is 2. The average molecular weight is 381 g/mol. The van der Waals surface area contributed by atoms with Crippen LogP contribution in [0, 0.1) is 11.8 Å². The van der Waals surface area contributed by atoms with Crippen LogP contribution in [0.3, 0.4) is 0 Å². The van der Waals surface area contributed by atoms with Gasteiger partial charge in [0.25, 0.3) is 0 Å². The van der Waals surface area contributed by atoms with Gasteiger partial charge in [0.15, 0.2) is 0 Å². The fourth-order valence-electron chi connectivity index (χ4n) is 2.37. The lowest BCUT2D eigenvalue weighted by Gasteiger charge is -2.32. The highest BCUT2D eigenvalue weighted by molar-refractivity contribution is 6.34. The van der Waals surface area contributed by atoms with Crippen molar-refractivity contribution in [3.63, 3.8) is 0 Å². The third-order valence-electron chi connectivity index (χ3n) is 3.68. The van der Waals surface area contributed by atoms with E-state index >= 15 is 0 Å². The lowest BCUT2D eigenvalue weighted by Crippen LogP contribution is -2.43. The summed E-state index contributed by atoms with van der Waals surface area (Å²) in [7, 11) is 0. The lowest BCUT2D eigenvalue weighted by atomic mass is 9.79. The Morgan fingerprint density at radius 1 is 1.08 bits per heavy atom. The summed E-state index contributed by atoms with van der Waals surface area (Å²) >= 11 is 11.8. The molecule has 0 aliphatic heterocycles. The number of hydrogen-bond donors (Lipinski definition) is 2. The second-order valence-corrected chi connectivity index (χ2v) is 6.15. The van der Waals surface area contributed by atoms with E-state index in [1.165, 1.54) is 12.2 Å². The van der Waals surface area contributed by atoms with Crippen molar-refractivity contribution >= 4 is 47.3 Å². The molecule has 0 bridgehead atoms. The number of rotatable bonds is 13. The molecule has 24 heavy (non-hydrogen) atoms. The molecule has 2 N–H and O–H groups in total. The molecule has 8 nitrogen and oxygen atoms in total. The van der Waals surface area contributed by atoms with Crippen molar-refractivity contribution in [2.45, 2.75) is 30.6 Å². The van der Waals surface area contributed by atoms with Crippen LogP contribution in [-0.2, 0) is 19.2 Å². The van der Waals surface area contributed by atoms with E-state index in [0.29, 0.717) is 0 Å². The molecular weight excluding hydrogens is 363 g/mol. The van der Waals surface area contributed by atoms with E-state index in [4.69, 9.17) is 23.2 Å². The summed E-state index contributed by atoms with van der Waals surface area (Å²) in [5.41, 5.74) is 0. The maximum Gasteiger partial charge on any atom is 0.325 e. The van der Waals surface area contributed by atoms with Crippen molar-refractivity contribution in [1.29, 1.82) is 0 Å². The maximum atomic E-state index is 11.6. The topological polar surface area (TPSA) is 133 Å². The first-order valence-electron chi connectivity index (χ1n) is 7.11. The number of nitrogens with zero attached hydrogens (tertiary/aromatic N) is 2. The molecule has 0 saturated carbocycles. The van der Waals surface area contributed by atoms with E-state index in [0.717, 1.165) is 0 Å². The predicted octanol–water partition coefficient (Wildman–Crippen LogP) is 1.84. The fraction of sp³-hybridized carbons (Fsp3) is 0.714. The van der Waals surface area contributed by atoms with Gasteiger partial charge in [-0.3, -0.25) is 9.59 Å². The summed E-state index contributed by atoms with van der Waals surface area (Å²) < 4.78 is 0. The number of alkyl halides is 2. The van der Waals surface area contributed by atoms with Crippen molar-refractivity contribution in [1.82, 2.24) is 0 Å². The van der Waals surface area contributed by atoms with Gasteiger partial charge in [0.1, 0.15) is 4.87 Å². The summed E-state index contributed by atoms with van der Waals surface area (Å²) in [6.45, 7) is -0.208. The first-order valence-corrected chi connectivity index (χ1v) is 8.03. The molecule has 0 amide bonds. The number of halogens is 2. The van der Waals surface area contributed by atoms with E-state index in [-0.39, 0.29) is 44.7 Å². The minimum Gasteiger partial charge on any atom is -0.481 e. The molecule has 0 aliphatic carbocycles. The number of carboxylic acid groups (broad SMARTS) is 2. The summed E-state index contributed by atoms with van der Waals surface area (Å²) in [6, 6.07) is 0. The van der Waals surface area contributed by atoms with Crippen LogP contribution in [0.25, 0.3) is 0 Å². The van der Waals surface area contributed by atoms with E-state index < -0.39 is 28.6 Å². The number of carbonyl (C=O) groups is 2. The highest BCUT2D eigenvalue weighted by Gasteiger charge is 2.45. The predicted molar refractivity (Wildman–Crippen MR) is 86.0 cm³/mol. The monoisotopic (exact) mass is 380 g/mol. The van der Waals surface area contributed by atoms with E-state index in [9.17, 15) is 29.4 Å². The zero-order valence-corrected chi connectivity index (χ0v) is 14.3. The summed E-state index contributed by atoms with van der Waals surface area (Å²) in [5, 5.41) is 18.7. The van der Waals surface area contributed by atoms with Crippen molar-refractivity contribution in [3.05, 3.63) is 0 Å². The second-order valence-electron chi connectivity index (χ2n) is 5.10. The molecule has 3 atom stereocenters. The Balaban J connectivity index is 5.49. The van der Waals surface area contributed by atoms with Crippen LogP contribution >= 0.6 is 23.2 Å². The molecule has 0 saturated heterocycles. The van der Waals surface area contributed by atoms with E-state index in [1.807, 2.05) is 0 Å². The van der Waals surface area contributed by atoms with Crippen molar-refractivity contribution in [3.8, 4) is 0 Å². The molecule has 0 aromatic heterocycles. The molecule has 0 spiro atoms. The van der Waals surface area contributed by atoms with Gasteiger partial charge in [-0.2, -0.15) is 0 Å².